The van der Waals surface area contributed by atoms with Gasteiger partial charge in [-0.15, -0.1) is 0 Å². The molecule has 0 fully saturated rings. The topological polar surface area (TPSA) is 45.9 Å². The van der Waals surface area contributed by atoms with Gasteiger partial charge in [0, 0.05) is 10.7 Å². The van der Waals surface area contributed by atoms with Gasteiger partial charge in [0.15, 0.2) is 11.4 Å². The lowest BCUT2D eigenvalue weighted by atomic mass is 10.2. The van der Waals surface area contributed by atoms with E-state index in [1.165, 1.54) is 0 Å². The van der Waals surface area contributed by atoms with Crippen molar-refractivity contribution < 1.29 is 4.74 Å². The normalized spacial score (nSPS) is 9.71. The molecule has 0 aliphatic rings. The Morgan fingerprint density at radius 1 is 1.35 bits per heavy atom. The highest BCUT2D eigenvalue weighted by Crippen LogP contribution is 2.27. The smallest absolute Gasteiger partial charge is 0.183 e. The number of hydrogen-bond acceptors (Lipinski definition) is 3. The maximum absolute atomic E-state index is 8.90. The van der Waals surface area contributed by atoms with E-state index in [4.69, 9.17) is 10.00 Å². The van der Waals surface area contributed by atoms with Crippen molar-refractivity contribution in [3.8, 4) is 17.6 Å². The van der Waals surface area contributed by atoms with Crippen molar-refractivity contribution in [3.05, 3.63) is 52.3 Å². The summed E-state index contributed by atoms with van der Waals surface area (Å²) in [6.07, 6.45) is 1.57. The monoisotopic (exact) mass is 288 g/mol. The molecule has 1 aromatic carbocycles. The van der Waals surface area contributed by atoms with Crippen molar-refractivity contribution in [2.24, 2.45) is 0 Å². The van der Waals surface area contributed by atoms with Gasteiger partial charge in [0.2, 0.25) is 0 Å². The number of pyridine rings is 1. The van der Waals surface area contributed by atoms with Crippen molar-refractivity contribution in [2.45, 2.75) is 6.92 Å². The van der Waals surface area contributed by atoms with Gasteiger partial charge in [-0.05, 0) is 42.8 Å². The molecule has 4 heteroatoms. The van der Waals surface area contributed by atoms with E-state index in [0.717, 1.165) is 10.0 Å². The van der Waals surface area contributed by atoms with Crippen molar-refractivity contribution >= 4 is 15.9 Å². The lowest BCUT2D eigenvalue weighted by molar-refractivity contribution is 0.478. The van der Waals surface area contributed by atoms with Crippen LogP contribution in [-0.4, -0.2) is 4.98 Å². The average molecular weight is 289 g/mol. The number of ether oxygens (including phenoxy) is 1. The first-order chi connectivity index (χ1) is 8.20. The fourth-order valence-corrected chi connectivity index (χ4v) is 1.61. The van der Waals surface area contributed by atoms with Crippen LogP contribution in [0.5, 0.6) is 11.5 Å². The molecule has 0 unspecified atom stereocenters. The van der Waals surface area contributed by atoms with Gasteiger partial charge in [-0.1, -0.05) is 15.9 Å². The number of aryl methyl sites for hydroxylation is 1. The molecule has 3 nitrogen and oxygen atoms in total. The molecule has 84 valence electrons. The van der Waals surface area contributed by atoms with E-state index in [0.29, 0.717) is 11.5 Å². The maximum Gasteiger partial charge on any atom is 0.183 e. The Kier molecular flexibility index (Phi) is 3.40. The summed E-state index contributed by atoms with van der Waals surface area (Å²) in [5.41, 5.74) is 1.36. The molecule has 0 atom stereocenters. The molecule has 0 saturated carbocycles. The molecule has 0 saturated heterocycles. The first-order valence-electron chi connectivity index (χ1n) is 5.00. The molecule has 2 rings (SSSR count). The van der Waals surface area contributed by atoms with Crippen LogP contribution in [-0.2, 0) is 0 Å². The summed E-state index contributed by atoms with van der Waals surface area (Å²) in [5, 5.41) is 8.90. The molecule has 0 radical (unpaired) electrons. The molecule has 2 aromatic rings. The second kappa shape index (κ2) is 4.98. The zero-order chi connectivity index (χ0) is 12.3. The second-order valence-electron chi connectivity index (χ2n) is 3.48. The largest absolute Gasteiger partial charge is 0.454 e. The van der Waals surface area contributed by atoms with Crippen molar-refractivity contribution in [2.75, 3.05) is 0 Å². The predicted octanol–water partition coefficient (Wildman–Crippen LogP) is 3.82. The maximum atomic E-state index is 8.90. The molecule has 0 aliphatic carbocycles. The van der Waals surface area contributed by atoms with Crippen LogP contribution < -0.4 is 4.74 Å². The number of hydrogen-bond donors (Lipinski definition) is 0. The van der Waals surface area contributed by atoms with Crippen LogP contribution in [0.4, 0.5) is 0 Å². The summed E-state index contributed by atoms with van der Waals surface area (Å²) >= 11 is 3.42. The molecule has 1 heterocycles. The quantitative estimate of drug-likeness (QED) is 0.844. The number of halogens is 1. The highest BCUT2D eigenvalue weighted by Gasteiger charge is 2.05. The highest BCUT2D eigenvalue weighted by atomic mass is 79.9. The zero-order valence-corrected chi connectivity index (χ0v) is 10.7. The molecular weight excluding hydrogens is 280 g/mol. The number of nitriles is 1. The van der Waals surface area contributed by atoms with Gasteiger partial charge >= 0.3 is 0 Å². The Morgan fingerprint density at radius 3 is 2.88 bits per heavy atom. The van der Waals surface area contributed by atoms with Crippen molar-refractivity contribution in [1.82, 2.24) is 4.98 Å². The molecule has 0 aliphatic heterocycles. The Hall–Kier alpha value is -1.86. The lowest BCUT2D eigenvalue weighted by Crippen LogP contribution is -1.91. The van der Waals surface area contributed by atoms with E-state index in [1.54, 1.807) is 18.3 Å². The van der Waals surface area contributed by atoms with Gasteiger partial charge in [-0.25, -0.2) is 4.98 Å². The standard InChI is InChI=1S/C13H9BrN2O/c1-9-7-10(4-5-11(9)14)17-13-3-2-6-16-12(13)8-15/h2-7H,1H3. The van der Waals surface area contributed by atoms with Crippen LogP contribution in [0.25, 0.3) is 0 Å². The molecule has 1 aromatic heterocycles. The zero-order valence-electron chi connectivity index (χ0n) is 9.14. The third-order valence-corrected chi connectivity index (χ3v) is 3.12. The second-order valence-corrected chi connectivity index (χ2v) is 4.33. The van der Waals surface area contributed by atoms with Crippen LogP contribution >= 0.6 is 15.9 Å². The van der Waals surface area contributed by atoms with Gasteiger partial charge in [0.05, 0.1) is 0 Å². The summed E-state index contributed by atoms with van der Waals surface area (Å²) in [5.74, 6) is 1.16. The van der Waals surface area contributed by atoms with Crippen LogP contribution in [0.1, 0.15) is 11.3 Å². The minimum atomic E-state index is 0.285. The number of nitrogens with zero attached hydrogens (tertiary/aromatic N) is 2. The van der Waals surface area contributed by atoms with Gasteiger partial charge in [-0.2, -0.15) is 5.26 Å². The number of aromatic nitrogens is 1. The molecule has 0 bridgehead atoms. The highest BCUT2D eigenvalue weighted by molar-refractivity contribution is 9.10. The Balaban J connectivity index is 2.32. The SMILES string of the molecule is Cc1cc(Oc2cccnc2C#N)ccc1Br. The first-order valence-corrected chi connectivity index (χ1v) is 5.79. The minimum Gasteiger partial charge on any atom is -0.454 e. The molecular formula is C13H9BrN2O. The van der Waals surface area contributed by atoms with Crippen molar-refractivity contribution in [3.63, 3.8) is 0 Å². The summed E-state index contributed by atoms with van der Waals surface area (Å²) < 4.78 is 6.65. The minimum absolute atomic E-state index is 0.285. The molecule has 0 spiro atoms. The molecule has 0 amide bonds. The summed E-state index contributed by atoms with van der Waals surface area (Å²) in [4.78, 5) is 3.94. The third kappa shape index (κ3) is 2.63. The van der Waals surface area contributed by atoms with Gasteiger partial charge in [0.25, 0.3) is 0 Å². The summed E-state index contributed by atoms with van der Waals surface area (Å²) in [6.45, 7) is 1.98. The van der Waals surface area contributed by atoms with E-state index in [1.807, 2.05) is 31.2 Å². The van der Waals surface area contributed by atoms with Crippen LogP contribution in [0.2, 0.25) is 0 Å². The predicted molar refractivity (Wildman–Crippen MR) is 67.9 cm³/mol. The van der Waals surface area contributed by atoms with Gasteiger partial charge in [-0.3, -0.25) is 0 Å². The Labute approximate surface area is 108 Å². The van der Waals surface area contributed by atoms with E-state index >= 15 is 0 Å². The van der Waals surface area contributed by atoms with E-state index in [-0.39, 0.29) is 5.69 Å². The Bertz CT molecular complexity index is 590. The lowest BCUT2D eigenvalue weighted by Gasteiger charge is -2.07. The van der Waals surface area contributed by atoms with Gasteiger partial charge in [0.1, 0.15) is 11.8 Å². The summed E-state index contributed by atoms with van der Waals surface area (Å²) in [7, 11) is 0. The van der Waals surface area contributed by atoms with Crippen LogP contribution in [0.15, 0.2) is 41.0 Å². The van der Waals surface area contributed by atoms with Crippen LogP contribution in [0, 0.1) is 18.3 Å². The molecule has 0 N–H and O–H groups in total. The first kappa shape index (κ1) is 11.6. The third-order valence-electron chi connectivity index (χ3n) is 2.23. The van der Waals surface area contributed by atoms with Crippen molar-refractivity contribution in [1.29, 1.82) is 5.26 Å². The fraction of sp³-hybridized carbons (Fsp3) is 0.0769. The Morgan fingerprint density at radius 2 is 2.18 bits per heavy atom. The van der Waals surface area contributed by atoms with E-state index in [2.05, 4.69) is 20.9 Å². The number of rotatable bonds is 2. The molecule has 17 heavy (non-hydrogen) atoms. The van der Waals surface area contributed by atoms with Gasteiger partial charge < -0.3 is 4.74 Å². The fourth-order valence-electron chi connectivity index (χ4n) is 1.36. The van der Waals surface area contributed by atoms with E-state index in [9.17, 15) is 0 Å². The van der Waals surface area contributed by atoms with E-state index < -0.39 is 0 Å². The number of benzene rings is 1. The van der Waals surface area contributed by atoms with Crippen LogP contribution in [0.3, 0.4) is 0 Å². The summed E-state index contributed by atoms with van der Waals surface area (Å²) in [6, 6.07) is 11.1. The average Bonchev–Trinajstić information content (AvgIpc) is 2.34.